The van der Waals surface area contributed by atoms with Gasteiger partial charge in [0.15, 0.2) is 0 Å². The Labute approximate surface area is 133 Å². The van der Waals surface area contributed by atoms with E-state index in [0.29, 0.717) is 5.92 Å². The van der Waals surface area contributed by atoms with E-state index in [1.165, 1.54) is 5.39 Å². The van der Waals surface area contributed by atoms with Gasteiger partial charge in [-0.2, -0.15) is 5.10 Å². The normalized spacial score (nSPS) is 11.8. The van der Waals surface area contributed by atoms with Crippen molar-refractivity contribution < 1.29 is 4.74 Å². The van der Waals surface area contributed by atoms with E-state index < -0.39 is 0 Å². The van der Waals surface area contributed by atoms with Crippen LogP contribution in [0, 0.1) is 5.92 Å². The lowest BCUT2D eigenvalue weighted by Gasteiger charge is -2.15. The Balaban J connectivity index is 2.20. The van der Waals surface area contributed by atoms with Gasteiger partial charge < -0.3 is 10.1 Å². The van der Waals surface area contributed by atoms with Crippen LogP contribution >= 0.6 is 0 Å². The fourth-order valence-electron chi connectivity index (χ4n) is 2.42. The molecule has 5 nitrogen and oxygen atoms in total. The smallest absolute Gasteiger partial charge is 0.120 e. The first kappa shape index (κ1) is 16.8. The Kier molecular flexibility index (Phi) is 5.80. The van der Waals surface area contributed by atoms with Crippen LogP contribution in [0.2, 0.25) is 0 Å². The summed E-state index contributed by atoms with van der Waals surface area (Å²) in [6.45, 7) is 7.87. The van der Waals surface area contributed by atoms with Crippen molar-refractivity contribution >= 4 is 10.9 Å². The highest BCUT2D eigenvalue weighted by atomic mass is 16.5. The van der Waals surface area contributed by atoms with Gasteiger partial charge in [-0.05, 0) is 38.2 Å². The van der Waals surface area contributed by atoms with Crippen LogP contribution in [0.25, 0.3) is 10.9 Å². The number of benzene rings is 1. The molecule has 1 aromatic carbocycles. The Morgan fingerprint density at radius 3 is 2.82 bits per heavy atom. The number of fused-ring (bicyclic) bond motifs is 1. The maximum absolute atomic E-state index is 5.85. The van der Waals surface area contributed by atoms with Crippen molar-refractivity contribution in [3.63, 3.8) is 0 Å². The van der Waals surface area contributed by atoms with E-state index >= 15 is 0 Å². The van der Waals surface area contributed by atoms with Gasteiger partial charge in [-0.1, -0.05) is 13.8 Å². The molecule has 0 amide bonds. The lowest BCUT2D eigenvalue weighted by Crippen LogP contribution is -2.27. The molecule has 0 aliphatic carbocycles. The van der Waals surface area contributed by atoms with Gasteiger partial charge in [0, 0.05) is 32.1 Å². The van der Waals surface area contributed by atoms with E-state index in [2.05, 4.69) is 48.3 Å². The second-order valence-electron chi connectivity index (χ2n) is 6.30. The van der Waals surface area contributed by atoms with Crippen LogP contribution in [-0.4, -0.2) is 48.5 Å². The topological polar surface area (TPSA) is 42.3 Å². The predicted molar refractivity (Wildman–Crippen MR) is 91.3 cm³/mol. The summed E-state index contributed by atoms with van der Waals surface area (Å²) in [6.07, 6.45) is 0. The quantitative estimate of drug-likeness (QED) is 0.812. The van der Waals surface area contributed by atoms with Crippen LogP contribution in [0.15, 0.2) is 18.2 Å². The van der Waals surface area contributed by atoms with Crippen molar-refractivity contribution in [3.05, 3.63) is 23.9 Å². The molecule has 22 heavy (non-hydrogen) atoms. The molecule has 0 radical (unpaired) electrons. The number of likely N-dealkylation sites (N-methyl/N-ethyl adjacent to an activating group) is 2. The third-order valence-electron chi connectivity index (χ3n) is 3.64. The van der Waals surface area contributed by atoms with Crippen LogP contribution in [0.1, 0.15) is 19.5 Å². The summed E-state index contributed by atoms with van der Waals surface area (Å²) in [4.78, 5) is 2.28. The van der Waals surface area contributed by atoms with E-state index in [0.717, 1.165) is 43.2 Å². The summed E-state index contributed by atoms with van der Waals surface area (Å²) in [7, 11) is 6.09. The molecule has 1 N–H and O–H groups in total. The number of aromatic nitrogens is 2. The maximum Gasteiger partial charge on any atom is 0.120 e. The van der Waals surface area contributed by atoms with E-state index in [4.69, 9.17) is 4.74 Å². The monoisotopic (exact) mass is 304 g/mol. The van der Waals surface area contributed by atoms with Crippen LogP contribution in [0.3, 0.4) is 0 Å². The third-order valence-corrected chi connectivity index (χ3v) is 3.64. The molecule has 0 saturated carbocycles. The van der Waals surface area contributed by atoms with Gasteiger partial charge in [-0.15, -0.1) is 0 Å². The fourth-order valence-corrected chi connectivity index (χ4v) is 2.42. The molecule has 2 rings (SSSR count). The van der Waals surface area contributed by atoms with E-state index in [1.807, 2.05) is 24.8 Å². The minimum Gasteiger partial charge on any atom is -0.493 e. The molecule has 2 aromatic rings. The lowest BCUT2D eigenvalue weighted by atomic mass is 10.2. The SMILES string of the molecule is CNCCN(C)Cc1nn(C)c2ccc(OCC(C)C)cc12. The molecular formula is C17H28N4O. The van der Waals surface area contributed by atoms with E-state index in [1.54, 1.807) is 0 Å². The van der Waals surface area contributed by atoms with Gasteiger partial charge in [0.2, 0.25) is 0 Å². The number of ether oxygens (including phenoxy) is 1. The van der Waals surface area contributed by atoms with Crippen molar-refractivity contribution in [1.82, 2.24) is 20.0 Å². The highest BCUT2D eigenvalue weighted by Crippen LogP contribution is 2.24. The largest absolute Gasteiger partial charge is 0.493 e. The molecule has 0 spiro atoms. The van der Waals surface area contributed by atoms with Crippen molar-refractivity contribution in [2.75, 3.05) is 33.8 Å². The summed E-state index contributed by atoms with van der Waals surface area (Å²) in [5, 5.41) is 9.03. The standard InChI is InChI=1S/C17H28N4O/c1-13(2)12-22-14-6-7-17-15(10-14)16(19-21(17)5)11-20(4)9-8-18-3/h6-7,10,13,18H,8-9,11-12H2,1-5H3. The number of nitrogens with zero attached hydrogens (tertiary/aromatic N) is 3. The summed E-state index contributed by atoms with van der Waals surface area (Å²) in [5.74, 6) is 1.45. The van der Waals surface area contributed by atoms with E-state index in [-0.39, 0.29) is 0 Å². The summed E-state index contributed by atoms with van der Waals surface area (Å²) < 4.78 is 7.80. The van der Waals surface area contributed by atoms with Gasteiger partial charge in [0.05, 0.1) is 17.8 Å². The van der Waals surface area contributed by atoms with Gasteiger partial charge in [-0.3, -0.25) is 9.58 Å². The summed E-state index contributed by atoms with van der Waals surface area (Å²) in [5.41, 5.74) is 2.25. The minimum atomic E-state index is 0.525. The number of hydrogen-bond donors (Lipinski definition) is 1. The van der Waals surface area contributed by atoms with Crippen LogP contribution < -0.4 is 10.1 Å². The first-order valence-corrected chi connectivity index (χ1v) is 7.92. The Bertz CT molecular complexity index is 606. The molecule has 0 unspecified atom stereocenters. The van der Waals surface area contributed by atoms with Crippen molar-refractivity contribution in [2.45, 2.75) is 20.4 Å². The molecule has 0 saturated heterocycles. The molecule has 1 heterocycles. The Morgan fingerprint density at radius 2 is 2.14 bits per heavy atom. The molecule has 122 valence electrons. The maximum atomic E-state index is 5.85. The zero-order valence-corrected chi connectivity index (χ0v) is 14.4. The number of aryl methyl sites for hydroxylation is 1. The summed E-state index contributed by atoms with van der Waals surface area (Å²) >= 11 is 0. The van der Waals surface area contributed by atoms with Gasteiger partial charge in [0.1, 0.15) is 5.75 Å². The number of hydrogen-bond acceptors (Lipinski definition) is 4. The van der Waals surface area contributed by atoms with Crippen molar-refractivity contribution in [2.24, 2.45) is 13.0 Å². The molecule has 5 heteroatoms. The van der Waals surface area contributed by atoms with Crippen LogP contribution in [-0.2, 0) is 13.6 Å². The van der Waals surface area contributed by atoms with Crippen molar-refractivity contribution in [3.8, 4) is 5.75 Å². The molecule has 0 bridgehead atoms. The van der Waals surface area contributed by atoms with Gasteiger partial charge >= 0.3 is 0 Å². The molecule has 0 atom stereocenters. The second kappa shape index (κ2) is 7.61. The highest BCUT2D eigenvalue weighted by molar-refractivity contribution is 5.83. The lowest BCUT2D eigenvalue weighted by molar-refractivity contribution is 0.271. The third kappa shape index (κ3) is 4.21. The van der Waals surface area contributed by atoms with Crippen LogP contribution in [0.5, 0.6) is 5.75 Å². The number of rotatable bonds is 8. The highest BCUT2D eigenvalue weighted by Gasteiger charge is 2.12. The van der Waals surface area contributed by atoms with Crippen molar-refractivity contribution in [1.29, 1.82) is 0 Å². The summed E-state index contributed by atoms with van der Waals surface area (Å²) in [6, 6.07) is 6.24. The molecule has 0 aliphatic heterocycles. The Hall–Kier alpha value is -1.59. The molecule has 0 aliphatic rings. The van der Waals surface area contributed by atoms with Gasteiger partial charge in [0.25, 0.3) is 0 Å². The zero-order valence-electron chi connectivity index (χ0n) is 14.4. The van der Waals surface area contributed by atoms with E-state index in [9.17, 15) is 0 Å². The molecule has 0 fully saturated rings. The Morgan fingerprint density at radius 1 is 1.36 bits per heavy atom. The number of nitrogens with one attached hydrogen (secondary N) is 1. The second-order valence-corrected chi connectivity index (χ2v) is 6.30. The first-order valence-electron chi connectivity index (χ1n) is 7.92. The van der Waals surface area contributed by atoms with Gasteiger partial charge in [-0.25, -0.2) is 0 Å². The minimum absolute atomic E-state index is 0.525. The zero-order chi connectivity index (χ0) is 16.1. The molecule has 1 aromatic heterocycles. The fraction of sp³-hybridized carbons (Fsp3) is 0.588. The predicted octanol–water partition coefficient (Wildman–Crippen LogP) is 2.26. The molecular weight excluding hydrogens is 276 g/mol. The average Bonchev–Trinajstić information content (AvgIpc) is 2.79. The average molecular weight is 304 g/mol. The van der Waals surface area contributed by atoms with Crippen LogP contribution in [0.4, 0.5) is 0 Å². The first-order chi connectivity index (χ1) is 10.5.